The molecule has 2 aliphatic rings. The van der Waals surface area contributed by atoms with Crippen LogP contribution in [0.1, 0.15) is 31.4 Å². The first-order valence-electron chi connectivity index (χ1n) is 7.21. The van der Waals surface area contributed by atoms with Gasteiger partial charge in [-0.1, -0.05) is 6.92 Å². The molecule has 0 bridgehead atoms. The normalized spacial score (nSPS) is 19.9. The Morgan fingerprint density at radius 1 is 1.40 bits per heavy atom. The van der Waals surface area contributed by atoms with Crippen LogP contribution < -0.4 is 20.5 Å². The highest BCUT2D eigenvalue weighted by Gasteiger charge is 2.28. The van der Waals surface area contributed by atoms with Gasteiger partial charge in [0.05, 0.1) is 4.47 Å². The van der Waals surface area contributed by atoms with Crippen molar-refractivity contribution in [1.29, 1.82) is 0 Å². The van der Waals surface area contributed by atoms with Crippen LogP contribution in [0, 0.1) is 11.8 Å². The quantitative estimate of drug-likeness (QED) is 0.835. The summed E-state index contributed by atoms with van der Waals surface area (Å²) in [4.78, 5) is 0. The first kappa shape index (κ1) is 14.2. The molecule has 1 heterocycles. The summed E-state index contributed by atoms with van der Waals surface area (Å²) >= 11 is 3.54. The zero-order valence-corrected chi connectivity index (χ0v) is 13.3. The minimum absolute atomic E-state index is 0.155. The van der Waals surface area contributed by atoms with Gasteiger partial charge in [0.25, 0.3) is 0 Å². The van der Waals surface area contributed by atoms with E-state index in [2.05, 4.69) is 34.2 Å². The molecular weight excluding hydrogens is 320 g/mol. The Morgan fingerprint density at radius 2 is 2.20 bits per heavy atom. The molecule has 0 radical (unpaired) electrons. The third-order valence-corrected chi connectivity index (χ3v) is 4.79. The molecule has 0 spiro atoms. The fourth-order valence-corrected chi connectivity index (χ4v) is 3.26. The first-order valence-corrected chi connectivity index (χ1v) is 8.01. The molecule has 0 amide bonds. The highest BCUT2D eigenvalue weighted by molar-refractivity contribution is 9.10. The molecule has 2 atom stereocenters. The number of hydrogen-bond acceptors (Lipinski definition) is 4. The predicted octanol–water partition coefficient (Wildman–Crippen LogP) is 2.81. The van der Waals surface area contributed by atoms with Crippen molar-refractivity contribution in [3.05, 3.63) is 22.2 Å². The van der Waals surface area contributed by atoms with E-state index in [1.165, 1.54) is 12.8 Å². The van der Waals surface area contributed by atoms with Crippen molar-refractivity contribution in [2.75, 3.05) is 19.9 Å². The highest BCUT2D eigenvalue weighted by Crippen LogP contribution is 2.41. The van der Waals surface area contributed by atoms with E-state index in [0.717, 1.165) is 39.9 Å². The molecule has 2 unspecified atom stereocenters. The SMILES string of the molecule is CC(CNC(CN)c1cc(Br)c2c(c1)OCO2)C1CC1. The molecule has 0 aromatic heterocycles. The van der Waals surface area contributed by atoms with Crippen LogP contribution in [0.4, 0.5) is 0 Å². The molecule has 1 aromatic carbocycles. The minimum Gasteiger partial charge on any atom is -0.454 e. The second-order valence-corrected chi connectivity index (χ2v) is 6.60. The maximum atomic E-state index is 5.93. The van der Waals surface area contributed by atoms with Crippen LogP contribution in [0.3, 0.4) is 0 Å². The van der Waals surface area contributed by atoms with Crippen LogP contribution in [-0.2, 0) is 0 Å². The lowest BCUT2D eigenvalue weighted by Gasteiger charge is -2.21. The van der Waals surface area contributed by atoms with Crippen molar-refractivity contribution in [3.8, 4) is 11.5 Å². The fraction of sp³-hybridized carbons (Fsp3) is 0.600. The van der Waals surface area contributed by atoms with Crippen LogP contribution >= 0.6 is 15.9 Å². The number of hydrogen-bond donors (Lipinski definition) is 2. The van der Waals surface area contributed by atoms with Gasteiger partial charge >= 0.3 is 0 Å². The summed E-state index contributed by atoms with van der Waals surface area (Å²) in [5.41, 5.74) is 7.07. The molecule has 1 aliphatic heterocycles. The van der Waals surface area contributed by atoms with Crippen LogP contribution in [0.15, 0.2) is 16.6 Å². The van der Waals surface area contributed by atoms with Gasteiger partial charge in [-0.05, 0) is 64.8 Å². The molecule has 5 heteroatoms. The number of nitrogens with two attached hydrogens (primary N) is 1. The van der Waals surface area contributed by atoms with Gasteiger partial charge in [0.15, 0.2) is 11.5 Å². The van der Waals surface area contributed by atoms with Gasteiger partial charge in [-0.15, -0.1) is 0 Å². The average Bonchev–Trinajstić information content (AvgIpc) is 3.18. The van der Waals surface area contributed by atoms with Gasteiger partial charge in [-0.3, -0.25) is 0 Å². The minimum atomic E-state index is 0.155. The summed E-state index contributed by atoms with van der Waals surface area (Å²) in [7, 11) is 0. The molecule has 0 saturated heterocycles. The van der Waals surface area contributed by atoms with Crippen LogP contribution in [-0.4, -0.2) is 19.9 Å². The highest BCUT2D eigenvalue weighted by atomic mass is 79.9. The Hall–Kier alpha value is -0.780. The van der Waals surface area contributed by atoms with Gasteiger partial charge in [0.2, 0.25) is 6.79 Å². The third-order valence-electron chi connectivity index (χ3n) is 4.20. The lowest BCUT2D eigenvalue weighted by molar-refractivity contribution is 0.173. The largest absolute Gasteiger partial charge is 0.454 e. The van der Waals surface area contributed by atoms with E-state index in [0.29, 0.717) is 6.54 Å². The molecule has 1 fully saturated rings. The molecule has 4 nitrogen and oxygen atoms in total. The summed E-state index contributed by atoms with van der Waals surface area (Å²) in [5.74, 6) is 3.21. The maximum absolute atomic E-state index is 5.93. The summed E-state index contributed by atoms with van der Waals surface area (Å²) < 4.78 is 11.8. The van der Waals surface area contributed by atoms with E-state index in [1.54, 1.807) is 0 Å². The Kier molecular flexibility index (Phi) is 4.19. The first-order chi connectivity index (χ1) is 9.69. The van der Waals surface area contributed by atoms with Crippen molar-refractivity contribution >= 4 is 15.9 Å². The van der Waals surface area contributed by atoms with Gasteiger partial charge in [0, 0.05) is 12.6 Å². The van der Waals surface area contributed by atoms with Crippen LogP contribution in [0.2, 0.25) is 0 Å². The number of rotatable bonds is 6. The molecule has 110 valence electrons. The molecule has 1 aliphatic carbocycles. The van der Waals surface area contributed by atoms with Crippen LogP contribution in [0.5, 0.6) is 11.5 Å². The fourth-order valence-electron chi connectivity index (χ4n) is 2.69. The zero-order chi connectivity index (χ0) is 14.1. The van der Waals surface area contributed by atoms with E-state index in [4.69, 9.17) is 15.2 Å². The molecule has 20 heavy (non-hydrogen) atoms. The van der Waals surface area contributed by atoms with E-state index in [9.17, 15) is 0 Å². The number of fused-ring (bicyclic) bond motifs is 1. The van der Waals surface area contributed by atoms with E-state index >= 15 is 0 Å². The summed E-state index contributed by atoms with van der Waals surface area (Å²) in [6, 6.07) is 4.25. The summed E-state index contributed by atoms with van der Waals surface area (Å²) in [6.45, 7) is 4.19. The maximum Gasteiger partial charge on any atom is 0.231 e. The van der Waals surface area contributed by atoms with Crippen molar-refractivity contribution in [3.63, 3.8) is 0 Å². The number of halogens is 1. The molecule has 3 N–H and O–H groups in total. The van der Waals surface area contributed by atoms with Gasteiger partial charge in [0.1, 0.15) is 0 Å². The Labute approximate surface area is 128 Å². The van der Waals surface area contributed by atoms with Gasteiger partial charge in [-0.2, -0.15) is 0 Å². The molecular formula is C15H21BrN2O2. The predicted molar refractivity (Wildman–Crippen MR) is 82.0 cm³/mol. The van der Waals surface area contributed by atoms with E-state index < -0.39 is 0 Å². The Balaban J connectivity index is 1.70. The summed E-state index contributed by atoms with van der Waals surface area (Å²) in [5, 5.41) is 3.58. The van der Waals surface area contributed by atoms with Crippen LogP contribution in [0.25, 0.3) is 0 Å². The molecule has 3 rings (SSSR count). The summed E-state index contributed by atoms with van der Waals surface area (Å²) in [6.07, 6.45) is 2.76. The lowest BCUT2D eigenvalue weighted by atomic mass is 10.0. The van der Waals surface area contributed by atoms with Gasteiger partial charge < -0.3 is 20.5 Å². The zero-order valence-electron chi connectivity index (χ0n) is 11.7. The van der Waals surface area contributed by atoms with Gasteiger partial charge in [-0.25, -0.2) is 0 Å². The standard InChI is InChI=1S/C15H21BrN2O2/c1-9(10-2-3-10)7-18-13(6-17)11-4-12(16)15-14(5-11)19-8-20-15/h4-5,9-10,13,18H,2-3,6-8,17H2,1H3. The van der Waals surface area contributed by atoms with Crippen molar-refractivity contribution in [2.24, 2.45) is 17.6 Å². The number of benzene rings is 1. The molecule has 1 aromatic rings. The van der Waals surface area contributed by atoms with E-state index in [-0.39, 0.29) is 12.8 Å². The monoisotopic (exact) mass is 340 g/mol. The van der Waals surface area contributed by atoms with E-state index in [1.807, 2.05) is 6.07 Å². The number of nitrogens with one attached hydrogen (secondary N) is 1. The molecule has 1 saturated carbocycles. The van der Waals surface area contributed by atoms with Crippen molar-refractivity contribution in [2.45, 2.75) is 25.8 Å². The lowest BCUT2D eigenvalue weighted by Crippen LogP contribution is -2.32. The second-order valence-electron chi connectivity index (χ2n) is 5.75. The smallest absolute Gasteiger partial charge is 0.231 e. The second kappa shape index (κ2) is 5.92. The topological polar surface area (TPSA) is 56.5 Å². The average molecular weight is 341 g/mol. The Bertz CT molecular complexity index is 491. The van der Waals surface area contributed by atoms with Crippen molar-refractivity contribution < 1.29 is 9.47 Å². The number of ether oxygens (including phenoxy) is 2. The third kappa shape index (κ3) is 2.95. The van der Waals surface area contributed by atoms with Crippen molar-refractivity contribution in [1.82, 2.24) is 5.32 Å². The Morgan fingerprint density at radius 3 is 2.90 bits per heavy atom.